The zero-order valence-corrected chi connectivity index (χ0v) is 23.3. The first kappa shape index (κ1) is 27.1. The van der Waals surface area contributed by atoms with E-state index in [1.165, 1.54) is 27.8 Å². The zero-order chi connectivity index (χ0) is 28.0. The number of rotatable bonds is 9. The summed E-state index contributed by atoms with van der Waals surface area (Å²) in [5, 5.41) is 13.7. The third-order valence-electron chi connectivity index (χ3n) is 8.44. The Balaban J connectivity index is 1.21. The van der Waals surface area contributed by atoms with Crippen LogP contribution in [0.1, 0.15) is 58.0 Å². The number of aromatic nitrogens is 2. The fraction of sp³-hybridized carbons (Fsp3) is 0.324. The molecule has 1 aliphatic carbocycles. The molecule has 2 aromatic carbocycles. The summed E-state index contributed by atoms with van der Waals surface area (Å²) < 4.78 is 0. The number of pyridine rings is 2. The van der Waals surface area contributed by atoms with Crippen molar-refractivity contribution in [1.29, 1.82) is 0 Å². The molecule has 0 radical (unpaired) electrons. The smallest absolute Gasteiger partial charge is 0.407 e. The standard InChI is InChI=1S/C34H37N5O2/c40-34(41)39-23-30-8-2-1-7-29(30)18-31(39)24-38(32-11-3-9-28-10-5-17-37-33(28)32)22-26-14-12-25(13-15-26)19-36-21-27-6-4-16-35-20-27/h1-2,4-8,10,12-17,20,31-32,36H,3,9,11,18-19,21-24H2,(H,40,41)/t31-,32+/m1/s1. The highest BCUT2D eigenvalue weighted by molar-refractivity contribution is 5.66. The van der Waals surface area contributed by atoms with Gasteiger partial charge in [0.15, 0.2) is 0 Å². The molecule has 0 fully saturated rings. The first-order chi connectivity index (χ1) is 20.1. The molecule has 2 N–H and O–H groups in total. The van der Waals surface area contributed by atoms with E-state index >= 15 is 0 Å². The van der Waals surface area contributed by atoms with Crippen LogP contribution in [0.5, 0.6) is 0 Å². The summed E-state index contributed by atoms with van der Waals surface area (Å²) in [5.41, 5.74) is 8.44. The number of nitrogens with zero attached hydrogens (tertiary/aromatic N) is 4. The highest BCUT2D eigenvalue weighted by atomic mass is 16.4. The lowest BCUT2D eigenvalue weighted by Crippen LogP contribution is -2.50. The summed E-state index contributed by atoms with van der Waals surface area (Å²) in [6.07, 6.45) is 8.63. The Morgan fingerprint density at radius 1 is 0.902 bits per heavy atom. The van der Waals surface area contributed by atoms with Crippen molar-refractivity contribution < 1.29 is 9.90 Å². The number of benzene rings is 2. The highest BCUT2D eigenvalue weighted by Gasteiger charge is 2.34. The van der Waals surface area contributed by atoms with Gasteiger partial charge in [0.05, 0.1) is 17.8 Å². The number of aryl methyl sites for hydroxylation is 1. The number of carbonyl (C=O) groups is 1. The van der Waals surface area contributed by atoms with Gasteiger partial charge in [-0.2, -0.15) is 0 Å². The number of carboxylic acid groups (broad SMARTS) is 1. The summed E-state index contributed by atoms with van der Waals surface area (Å²) in [6.45, 7) is 3.41. The Morgan fingerprint density at radius 3 is 2.46 bits per heavy atom. The Kier molecular flexibility index (Phi) is 8.35. The van der Waals surface area contributed by atoms with Crippen LogP contribution in [0.2, 0.25) is 0 Å². The topological polar surface area (TPSA) is 81.6 Å². The molecule has 3 heterocycles. The fourth-order valence-electron chi connectivity index (χ4n) is 6.34. The van der Waals surface area contributed by atoms with E-state index in [0.717, 1.165) is 56.6 Å². The zero-order valence-electron chi connectivity index (χ0n) is 23.3. The molecule has 7 heteroatoms. The number of fused-ring (bicyclic) bond motifs is 2. The van der Waals surface area contributed by atoms with Crippen LogP contribution in [0.3, 0.4) is 0 Å². The summed E-state index contributed by atoms with van der Waals surface area (Å²) in [6, 6.07) is 25.3. The van der Waals surface area contributed by atoms with Gasteiger partial charge >= 0.3 is 6.09 Å². The molecule has 0 spiro atoms. The van der Waals surface area contributed by atoms with E-state index in [1.54, 1.807) is 11.1 Å². The van der Waals surface area contributed by atoms with E-state index in [0.29, 0.717) is 13.1 Å². The van der Waals surface area contributed by atoms with E-state index in [1.807, 2.05) is 36.7 Å². The molecule has 7 nitrogen and oxygen atoms in total. The average molecular weight is 548 g/mol. The molecule has 2 aromatic heterocycles. The van der Waals surface area contributed by atoms with Crippen LogP contribution < -0.4 is 5.32 Å². The van der Waals surface area contributed by atoms with E-state index in [-0.39, 0.29) is 12.1 Å². The molecule has 2 aliphatic rings. The molecule has 1 amide bonds. The molecule has 2 atom stereocenters. The third kappa shape index (κ3) is 6.47. The molecule has 4 aromatic rings. The number of nitrogens with one attached hydrogen (secondary N) is 1. The first-order valence-electron chi connectivity index (χ1n) is 14.6. The van der Waals surface area contributed by atoms with E-state index in [9.17, 15) is 9.90 Å². The van der Waals surface area contributed by atoms with Crippen molar-refractivity contribution in [3.05, 3.63) is 130 Å². The number of hydrogen-bond donors (Lipinski definition) is 2. The normalized spacial score (nSPS) is 18.1. The second-order valence-corrected chi connectivity index (χ2v) is 11.2. The van der Waals surface area contributed by atoms with Gasteiger partial charge in [-0.1, -0.05) is 60.7 Å². The van der Waals surface area contributed by atoms with Crippen LogP contribution in [0.25, 0.3) is 0 Å². The number of amides is 1. The van der Waals surface area contributed by atoms with Gasteiger partial charge in [0.1, 0.15) is 0 Å². The van der Waals surface area contributed by atoms with Crippen molar-refractivity contribution >= 4 is 6.09 Å². The molecule has 6 rings (SSSR count). The van der Waals surface area contributed by atoms with Gasteiger partial charge in [-0.25, -0.2) is 4.79 Å². The van der Waals surface area contributed by atoms with Crippen molar-refractivity contribution in [2.75, 3.05) is 6.54 Å². The maximum Gasteiger partial charge on any atom is 0.407 e. The van der Waals surface area contributed by atoms with E-state index in [4.69, 9.17) is 4.98 Å². The van der Waals surface area contributed by atoms with Crippen molar-refractivity contribution in [2.45, 2.75) is 63.9 Å². The lowest BCUT2D eigenvalue weighted by atomic mass is 9.89. The Morgan fingerprint density at radius 2 is 1.66 bits per heavy atom. The summed E-state index contributed by atoms with van der Waals surface area (Å²) in [4.78, 5) is 25.5. The van der Waals surface area contributed by atoms with Crippen LogP contribution in [0.4, 0.5) is 4.79 Å². The van der Waals surface area contributed by atoms with Crippen LogP contribution in [0.15, 0.2) is 91.4 Å². The Bertz CT molecular complexity index is 1460. The SMILES string of the molecule is O=C(O)N1Cc2ccccc2C[C@@H]1CN(Cc1ccc(CNCc2cccnc2)cc1)[C@H]1CCCc2cccnc21. The van der Waals surface area contributed by atoms with Gasteiger partial charge in [0.25, 0.3) is 0 Å². The molecule has 0 unspecified atom stereocenters. The second kappa shape index (κ2) is 12.6. The molecule has 0 saturated heterocycles. The molecule has 41 heavy (non-hydrogen) atoms. The first-order valence-corrected chi connectivity index (χ1v) is 14.6. The molecule has 210 valence electrons. The van der Waals surface area contributed by atoms with E-state index in [2.05, 4.69) is 63.7 Å². The van der Waals surface area contributed by atoms with Crippen molar-refractivity contribution in [3.63, 3.8) is 0 Å². The van der Waals surface area contributed by atoms with Crippen LogP contribution >= 0.6 is 0 Å². The molecular formula is C34H37N5O2. The predicted octanol–water partition coefficient (Wildman–Crippen LogP) is 5.75. The maximum atomic E-state index is 12.4. The molecular weight excluding hydrogens is 510 g/mol. The quantitative estimate of drug-likeness (QED) is 0.278. The van der Waals surface area contributed by atoms with E-state index < -0.39 is 6.09 Å². The van der Waals surface area contributed by atoms with Crippen molar-refractivity contribution in [1.82, 2.24) is 25.1 Å². The van der Waals surface area contributed by atoms with Crippen LogP contribution in [0, 0.1) is 0 Å². The van der Waals surface area contributed by atoms with Crippen LogP contribution in [-0.2, 0) is 39.0 Å². The highest BCUT2D eigenvalue weighted by Crippen LogP contribution is 2.35. The third-order valence-corrected chi connectivity index (χ3v) is 8.44. The lowest BCUT2D eigenvalue weighted by molar-refractivity contribution is 0.0755. The van der Waals surface area contributed by atoms with Crippen molar-refractivity contribution in [3.8, 4) is 0 Å². The van der Waals surface area contributed by atoms with Crippen LogP contribution in [-0.4, -0.2) is 43.6 Å². The monoisotopic (exact) mass is 547 g/mol. The minimum atomic E-state index is -0.852. The average Bonchev–Trinajstić information content (AvgIpc) is 3.01. The summed E-state index contributed by atoms with van der Waals surface area (Å²) in [7, 11) is 0. The van der Waals surface area contributed by atoms with Gasteiger partial charge in [0.2, 0.25) is 0 Å². The van der Waals surface area contributed by atoms with Gasteiger partial charge < -0.3 is 10.4 Å². The van der Waals surface area contributed by atoms with Gasteiger partial charge in [-0.05, 0) is 71.2 Å². The van der Waals surface area contributed by atoms with Gasteiger partial charge in [0, 0.05) is 51.3 Å². The lowest BCUT2D eigenvalue weighted by Gasteiger charge is -2.41. The predicted molar refractivity (Wildman–Crippen MR) is 159 cm³/mol. The minimum Gasteiger partial charge on any atom is -0.465 e. The summed E-state index contributed by atoms with van der Waals surface area (Å²) >= 11 is 0. The minimum absolute atomic E-state index is 0.118. The molecule has 0 saturated carbocycles. The second-order valence-electron chi connectivity index (χ2n) is 11.2. The Hall–Kier alpha value is -4.07. The molecule has 0 bridgehead atoms. The molecule has 1 aliphatic heterocycles. The summed E-state index contributed by atoms with van der Waals surface area (Å²) in [5.74, 6) is 0. The maximum absolute atomic E-state index is 12.4. The number of hydrogen-bond acceptors (Lipinski definition) is 5. The largest absolute Gasteiger partial charge is 0.465 e. The van der Waals surface area contributed by atoms with Gasteiger partial charge in [-0.3, -0.25) is 19.8 Å². The van der Waals surface area contributed by atoms with Crippen molar-refractivity contribution in [2.24, 2.45) is 0 Å². The van der Waals surface area contributed by atoms with Gasteiger partial charge in [-0.15, -0.1) is 0 Å². The fourth-order valence-corrected chi connectivity index (χ4v) is 6.34. The Labute approximate surface area is 241 Å².